The van der Waals surface area contributed by atoms with E-state index in [-0.39, 0.29) is 13.2 Å². The third-order valence-corrected chi connectivity index (χ3v) is 2.30. The molecule has 19 heavy (non-hydrogen) atoms. The van der Waals surface area contributed by atoms with Crippen molar-refractivity contribution >= 4 is 11.9 Å². The lowest BCUT2D eigenvalue weighted by molar-refractivity contribution is -0.167. The lowest BCUT2D eigenvalue weighted by Crippen LogP contribution is -2.21. The average Bonchev–Trinajstić information content (AvgIpc) is 2.41. The molecule has 0 aromatic heterocycles. The van der Waals surface area contributed by atoms with Crippen molar-refractivity contribution in [3.63, 3.8) is 0 Å². The van der Waals surface area contributed by atoms with Gasteiger partial charge in [-0.2, -0.15) is 0 Å². The first kappa shape index (κ1) is 15.0. The van der Waals surface area contributed by atoms with E-state index in [1.54, 1.807) is 6.92 Å². The summed E-state index contributed by atoms with van der Waals surface area (Å²) in [7, 11) is 0. The Kier molecular flexibility index (Phi) is 6.43. The number of carbonyl (C=O) groups is 2. The monoisotopic (exact) mass is 266 g/mol. The predicted molar refractivity (Wildman–Crippen MR) is 68.9 cm³/mol. The molecule has 0 aliphatic heterocycles. The highest BCUT2D eigenvalue weighted by Crippen LogP contribution is 2.12. The lowest BCUT2D eigenvalue weighted by atomic mass is 10.1. The van der Waals surface area contributed by atoms with Gasteiger partial charge in [-0.1, -0.05) is 12.1 Å². The number of hydrogen-bond acceptors (Lipinski definition) is 5. The van der Waals surface area contributed by atoms with Gasteiger partial charge in [0, 0.05) is 6.42 Å². The van der Waals surface area contributed by atoms with E-state index in [9.17, 15) is 9.59 Å². The highest BCUT2D eigenvalue weighted by Gasteiger charge is 2.15. The van der Waals surface area contributed by atoms with Crippen LogP contribution in [-0.4, -0.2) is 31.8 Å². The van der Waals surface area contributed by atoms with E-state index in [0.29, 0.717) is 13.0 Å². The van der Waals surface area contributed by atoms with Crippen LogP contribution in [0, 0.1) is 0 Å². The van der Waals surface area contributed by atoms with Crippen molar-refractivity contribution in [3.05, 3.63) is 29.8 Å². The molecule has 104 valence electrons. The molecule has 1 rings (SSSR count). The van der Waals surface area contributed by atoms with Crippen molar-refractivity contribution in [2.75, 3.05) is 19.8 Å². The van der Waals surface area contributed by atoms with E-state index in [2.05, 4.69) is 4.74 Å². The van der Waals surface area contributed by atoms with E-state index < -0.39 is 11.9 Å². The first-order valence-electron chi connectivity index (χ1n) is 6.23. The lowest BCUT2D eigenvalue weighted by Gasteiger charge is -2.06. The maximum Gasteiger partial charge on any atom is 0.417 e. The molecule has 0 N–H and O–H groups in total. The molecule has 0 aliphatic rings. The molecule has 0 amide bonds. The van der Waals surface area contributed by atoms with Crippen molar-refractivity contribution in [1.29, 1.82) is 0 Å². The van der Waals surface area contributed by atoms with Gasteiger partial charge in [0.25, 0.3) is 0 Å². The average molecular weight is 266 g/mol. The fourth-order valence-corrected chi connectivity index (χ4v) is 1.43. The molecule has 0 fully saturated rings. The molecule has 0 unspecified atom stereocenters. The molecule has 0 radical (unpaired) electrons. The zero-order chi connectivity index (χ0) is 14.1. The molecule has 0 aliphatic carbocycles. The van der Waals surface area contributed by atoms with Crippen molar-refractivity contribution in [2.45, 2.75) is 20.3 Å². The van der Waals surface area contributed by atoms with Crippen LogP contribution in [0.15, 0.2) is 24.3 Å². The first-order chi connectivity index (χ1) is 9.17. The second-order valence-electron chi connectivity index (χ2n) is 3.68. The van der Waals surface area contributed by atoms with Crippen LogP contribution >= 0.6 is 0 Å². The molecule has 1 aromatic rings. The van der Waals surface area contributed by atoms with E-state index in [1.165, 1.54) is 0 Å². The topological polar surface area (TPSA) is 61.8 Å². The Morgan fingerprint density at radius 1 is 0.947 bits per heavy atom. The van der Waals surface area contributed by atoms with Crippen molar-refractivity contribution in [3.8, 4) is 5.75 Å². The van der Waals surface area contributed by atoms with Crippen LogP contribution in [0.2, 0.25) is 0 Å². The normalized spacial score (nSPS) is 9.79. The van der Waals surface area contributed by atoms with Gasteiger partial charge in [0.15, 0.2) is 0 Å². The van der Waals surface area contributed by atoms with Crippen molar-refractivity contribution in [2.24, 2.45) is 0 Å². The molecule has 0 saturated heterocycles. The van der Waals surface area contributed by atoms with E-state index in [4.69, 9.17) is 9.47 Å². The van der Waals surface area contributed by atoms with Gasteiger partial charge >= 0.3 is 11.9 Å². The summed E-state index contributed by atoms with van der Waals surface area (Å²) in [6.07, 6.45) is 0.539. The molecule has 5 nitrogen and oxygen atoms in total. The van der Waals surface area contributed by atoms with Gasteiger partial charge in [0.1, 0.15) is 5.75 Å². The summed E-state index contributed by atoms with van der Waals surface area (Å²) in [5.41, 5.74) is 1.00. The summed E-state index contributed by atoms with van der Waals surface area (Å²) in [5.74, 6) is -1.10. The van der Waals surface area contributed by atoms with Crippen LogP contribution in [0.3, 0.4) is 0 Å². The van der Waals surface area contributed by atoms with E-state index in [1.807, 2.05) is 31.2 Å². The van der Waals surface area contributed by atoms with Gasteiger partial charge in [-0.25, -0.2) is 9.59 Å². The smallest absolute Gasteiger partial charge is 0.417 e. The van der Waals surface area contributed by atoms with E-state index >= 15 is 0 Å². The SMILES string of the molecule is CCOC(=O)C(=O)OCCc1ccc(OCC)cc1. The van der Waals surface area contributed by atoms with Gasteiger partial charge in [-0.3, -0.25) is 0 Å². The number of esters is 2. The molecule has 1 aromatic carbocycles. The molecule has 5 heteroatoms. The highest BCUT2D eigenvalue weighted by atomic mass is 16.6. The number of ether oxygens (including phenoxy) is 3. The quantitative estimate of drug-likeness (QED) is 0.579. The summed E-state index contributed by atoms with van der Waals surface area (Å²) in [4.78, 5) is 22.1. The fraction of sp³-hybridized carbons (Fsp3) is 0.429. The molecule has 0 atom stereocenters. The van der Waals surface area contributed by atoms with Crippen LogP contribution in [0.25, 0.3) is 0 Å². The van der Waals surface area contributed by atoms with Crippen molar-refractivity contribution in [1.82, 2.24) is 0 Å². The molecule has 0 bridgehead atoms. The van der Waals surface area contributed by atoms with Crippen LogP contribution in [0.5, 0.6) is 5.75 Å². The van der Waals surface area contributed by atoms with Crippen molar-refractivity contribution < 1.29 is 23.8 Å². The minimum absolute atomic E-state index is 0.144. The summed E-state index contributed by atoms with van der Waals surface area (Å²) in [6.45, 7) is 4.48. The van der Waals surface area contributed by atoms with Gasteiger partial charge in [-0.15, -0.1) is 0 Å². The number of carbonyl (C=O) groups excluding carboxylic acids is 2. The Morgan fingerprint density at radius 3 is 2.16 bits per heavy atom. The zero-order valence-corrected chi connectivity index (χ0v) is 11.2. The molecular formula is C14H18O5. The minimum atomic E-state index is -0.951. The summed E-state index contributed by atoms with van der Waals surface area (Å²) >= 11 is 0. The van der Waals surface area contributed by atoms with Gasteiger partial charge in [-0.05, 0) is 31.5 Å². The van der Waals surface area contributed by atoms with Gasteiger partial charge < -0.3 is 14.2 Å². The summed E-state index contributed by atoms with van der Waals surface area (Å²) < 4.78 is 14.6. The molecule has 0 saturated carbocycles. The predicted octanol–water partition coefficient (Wildman–Crippen LogP) is 1.73. The maximum atomic E-state index is 11.1. The molecule has 0 spiro atoms. The second kappa shape index (κ2) is 8.13. The van der Waals surface area contributed by atoms with Gasteiger partial charge in [0.05, 0.1) is 19.8 Å². The van der Waals surface area contributed by atoms with E-state index in [0.717, 1.165) is 11.3 Å². The Morgan fingerprint density at radius 2 is 1.58 bits per heavy atom. The standard InChI is InChI=1S/C14H18O5/c1-3-17-12-7-5-11(6-8-12)9-10-19-14(16)13(15)18-4-2/h5-8H,3-4,9-10H2,1-2H3. The minimum Gasteiger partial charge on any atom is -0.494 e. The summed E-state index contributed by atoms with van der Waals surface area (Å²) in [5, 5.41) is 0. The van der Waals surface area contributed by atoms with Crippen LogP contribution in [-0.2, 0) is 25.5 Å². The summed E-state index contributed by atoms with van der Waals surface area (Å²) in [6, 6.07) is 7.49. The third-order valence-electron chi connectivity index (χ3n) is 2.30. The van der Waals surface area contributed by atoms with Crippen LogP contribution in [0.4, 0.5) is 0 Å². The Bertz CT molecular complexity index is 410. The zero-order valence-electron chi connectivity index (χ0n) is 11.2. The number of benzene rings is 1. The fourth-order valence-electron chi connectivity index (χ4n) is 1.43. The van der Waals surface area contributed by atoms with Crippen LogP contribution in [0.1, 0.15) is 19.4 Å². The number of rotatable bonds is 6. The Labute approximate surface area is 112 Å². The second-order valence-corrected chi connectivity index (χ2v) is 3.68. The maximum absolute atomic E-state index is 11.1. The van der Waals surface area contributed by atoms with Crippen LogP contribution < -0.4 is 4.74 Å². The van der Waals surface area contributed by atoms with Gasteiger partial charge in [0.2, 0.25) is 0 Å². The highest BCUT2D eigenvalue weighted by molar-refractivity contribution is 6.29. The Hall–Kier alpha value is -2.04. The largest absolute Gasteiger partial charge is 0.494 e. The molecule has 0 heterocycles. The Balaban J connectivity index is 2.32. The first-order valence-corrected chi connectivity index (χ1v) is 6.23. The molecular weight excluding hydrogens is 248 g/mol. The third kappa shape index (κ3) is 5.42. The number of hydrogen-bond donors (Lipinski definition) is 0.